The van der Waals surface area contributed by atoms with Gasteiger partial charge in [0, 0.05) is 23.3 Å². The SMILES string of the molecule is CC(C)(C)NCC1CC1c1cncc2ccccc12. The number of hydrogen-bond donors (Lipinski definition) is 1. The molecule has 2 atom stereocenters. The van der Waals surface area contributed by atoms with Crippen molar-refractivity contribution in [1.29, 1.82) is 0 Å². The molecular weight excluding hydrogens is 232 g/mol. The normalized spacial score (nSPS) is 22.7. The molecule has 0 spiro atoms. The zero-order valence-corrected chi connectivity index (χ0v) is 12.0. The Balaban J connectivity index is 1.77. The molecule has 2 unspecified atom stereocenters. The van der Waals surface area contributed by atoms with Gasteiger partial charge in [0.05, 0.1) is 0 Å². The topological polar surface area (TPSA) is 24.9 Å². The minimum absolute atomic E-state index is 0.212. The average molecular weight is 254 g/mol. The maximum Gasteiger partial charge on any atom is 0.0346 e. The monoisotopic (exact) mass is 254 g/mol. The highest BCUT2D eigenvalue weighted by atomic mass is 15.0. The molecule has 1 fully saturated rings. The van der Waals surface area contributed by atoms with Gasteiger partial charge in [0.25, 0.3) is 0 Å². The van der Waals surface area contributed by atoms with Crippen LogP contribution in [0.25, 0.3) is 10.8 Å². The van der Waals surface area contributed by atoms with E-state index in [0.29, 0.717) is 5.92 Å². The standard InChI is InChI=1S/C17H22N2/c1-17(2,3)19-10-13-8-15(13)16-11-18-9-12-6-4-5-7-14(12)16/h4-7,9,11,13,15,19H,8,10H2,1-3H3. The molecule has 19 heavy (non-hydrogen) atoms. The third-order valence-corrected chi connectivity index (χ3v) is 3.92. The lowest BCUT2D eigenvalue weighted by molar-refractivity contribution is 0.414. The van der Waals surface area contributed by atoms with Crippen LogP contribution >= 0.6 is 0 Å². The van der Waals surface area contributed by atoms with Crippen molar-refractivity contribution in [3.8, 4) is 0 Å². The molecule has 1 heterocycles. The number of aromatic nitrogens is 1. The highest BCUT2D eigenvalue weighted by Crippen LogP contribution is 2.48. The Labute approximate surface area is 115 Å². The zero-order chi connectivity index (χ0) is 13.5. The van der Waals surface area contributed by atoms with Crippen LogP contribution in [0.1, 0.15) is 38.7 Å². The van der Waals surface area contributed by atoms with Gasteiger partial charge < -0.3 is 5.32 Å². The van der Waals surface area contributed by atoms with Crippen molar-refractivity contribution in [3.05, 3.63) is 42.2 Å². The molecule has 1 aromatic heterocycles. The van der Waals surface area contributed by atoms with Crippen LogP contribution in [0.15, 0.2) is 36.7 Å². The molecule has 0 bridgehead atoms. The molecule has 1 aliphatic rings. The number of fused-ring (bicyclic) bond motifs is 1. The lowest BCUT2D eigenvalue weighted by Crippen LogP contribution is -2.37. The Morgan fingerprint density at radius 1 is 1.21 bits per heavy atom. The Morgan fingerprint density at radius 2 is 2.00 bits per heavy atom. The number of hydrogen-bond acceptors (Lipinski definition) is 2. The molecule has 1 aromatic carbocycles. The summed E-state index contributed by atoms with van der Waals surface area (Å²) < 4.78 is 0. The molecule has 2 nitrogen and oxygen atoms in total. The van der Waals surface area contributed by atoms with Gasteiger partial charge in [-0.25, -0.2) is 0 Å². The Morgan fingerprint density at radius 3 is 2.79 bits per heavy atom. The van der Waals surface area contributed by atoms with Crippen molar-refractivity contribution >= 4 is 10.8 Å². The van der Waals surface area contributed by atoms with Crippen molar-refractivity contribution in [2.24, 2.45) is 5.92 Å². The zero-order valence-electron chi connectivity index (χ0n) is 12.0. The highest BCUT2D eigenvalue weighted by molar-refractivity contribution is 5.85. The first-order chi connectivity index (χ1) is 9.04. The molecule has 100 valence electrons. The first-order valence-electron chi connectivity index (χ1n) is 7.12. The summed E-state index contributed by atoms with van der Waals surface area (Å²) in [5.74, 6) is 1.46. The summed E-state index contributed by atoms with van der Waals surface area (Å²) in [6.07, 6.45) is 5.31. The summed E-state index contributed by atoms with van der Waals surface area (Å²) in [6, 6.07) is 8.57. The van der Waals surface area contributed by atoms with Gasteiger partial charge in [0.15, 0.2) is 0 Å². The molecule has 0 saturated heterocycles. The van der Waals surface area contributed by atoms with E-state index in [1.807, 2.05) is 6.20 Å². The number of benzene rings is 1. The maximum atomic E-state index is 4.40. The summed E-state index contributed by atoms with van der Waals surface area (Å²) in [7, 11) is 0. The van der Waals surface area contributed by atoms with Crippen LogP contribution in [0.3, 0.4) is 0 Å². The van der Waals surface area contributed by atoms with Gasteiger partial charge in [-0.2, -0.15) is 0 Å². The molecule has 1 N–H and O–H groups in total. The van der Waals surface area contributed by atoms with Crippen LogP contribution in [0.5, 0.6) is 0 Å². The van der Waals surface area contributed by atoms with Gasteiger partial charge in [-0.3, -0.25) is 4.98 Å². The fraction of sp³-hybridized carbons (Fsp3) is 0.471. The first kappa shape index (κ1) is 12.6. The van der Waals surface area contributed by atoms with Crippen LogP contribution in [0.2, 0.25) is 0 Å². The summed E-state index contributed by atoms with van der Waals surface area (Å²) >= 11 is 0. The van der Waals surface area contributed by atoms with Crippen LogP contribution in [0.4, 0.5) is 0 Å². The molecule has 3 rings (SSSR count). The van der Waals surface area contributed by atoms with E-state index in [1.165, 1.54) is 22.8 Å². The lowest BCUT2D eigenvalue weighted by Gasteiger charge is -2.20. The van der Waals surface area contributed by atoms with E-state index < -0.39 is 0 Å². The molecule has 2 aromatic rings. The maximum absolute atomic E-state index is 4.40. The summed E-state index contributed by atoms with van der Waals surface area (Å²) in [4.78, 5) is 4.40. The van der Waals surface area contributed by atoms with Gasteiger partial charge in [-0.1, -0.05) is 24.3 Å². The van der Waals surface area contributed by atoms with Crippen LogP contribution in [-0.2, 0) is 0 Å². The summed E-state index contributed by atoms with van der Waals surface area (Å²) in [5, 5.41) is 6.25. The van der Waals surface area contributed by atoms with Crippen molar-refractivity contribution < 1.29 is 0 Å². The Bertz CT molecular complexity index is 578. The second-order valence-electron chi connectivity index (χ2n) is 6.68. The van der Waals surface area contributed by atoms with E-state index in [9.17, 15) is 0 Å². The molecule has 1 saturated carbocycles. The molecular formula is C17H22N2. The minimum atomic E-state index is 0.212. The van der Waals surface area contributed by atoms with E-state index in [2.05, 4.69) is 61.5 Å². The minimum Gasteiger partial charge on any atom is -0.312 e. The fourth-order valence-electron chi connectivity index (χ4n) is 2.73. The van der Waals surface area contributed by atoms with E-state index in [1.54, 1.807) is 0 Å². The number of nitrogens with zero attached hydrogens (tertiary/aromatic N) is 1. The van der Waals surface area contributed by atoms with E-state index in [0.717, 1.165) is 12.5 Å². The van der Waals surface area contributed by atoms with Gasteiger partial charge in [-0.05, 0) is 56.5 Å². The van der Waals surface area contributed by atoms with Crippen LogP contribution in [-0.4, -0.2) is 17.1 Å². The third kappa shape index (κ3) is 2.79. The van der Waals surface area contributed by atoms with Crippen molar-refractivity contribution in [2.45, 2.75) is 38.6 Å². The summed E-state index contributed by atoms with van der Waals surface area (Å²) in [6.45, 7) is 7.79. The molecule has 0 amide bonds. The van der Waals surface area contributed by atoms with Crippen molar-refractivity contribution in [2.75, 3.05) is 6.54 Å². The first-order valence-corrected chi connectivity index (χ1v) is 7.12. The van der Waals surface area contributed by atoms with Gasteiger partial charge in [0.2, 0.25) is 0 Å². The van der Waals surface area contributed by atoms with Crippen molar-refractivity contribution in [1.82, 2.24) is 10.3 Å². The van der Waals surface area contributed by atoms with Crippen LogP contribution < -0.4 is 5.32 Å². The van der Waals surface area contributed by atoms with E-state index in [4.69, 9.17) is 0 Å². The fourth-order valence-corrected chi connectivity index (χ4v) is 2.73. The lowest BCUT2D eigenvalue weighted by atomic mass is 10.0. The third-order valence-electron chi connectivity index (χ3n) is 3.92. The number of nitrogens with one attached hydrogen (secondary N) is 1. The molecule has 0 aliphatic heterocycles. The smallest absolute Gasteiger partial charge is 0.0346 e. The largest absolute Gasteiger partial charge is 0.312 e. The van der Waals surface area contributed by atoms with Gasteiger partial charge >= 0.3 is 0 Å². The molecule has 1 aliphatic carbocycles. The Hall–Kier alpha value is -1.41. The molecule has 2 heteroatoms. The molecule has 0 radical (unpaired) electrons. The highest BCUT2D eigenvalue weighted by Gasteiger charge is 2.39. The van der Waals surface area contributed by atoms with Gasteiger partial charge in [0.1, 0.15) is 0 Å². The van der Waals surface area contributed by atoms with Gasteiger partial charge in [-0.15, -0.1) is 0 Å². The second-order valence-corrected chi connectivity index (χ2v) is 6.68. The predicted octanol–water partition coefficient (Wildman–Crippen LogP) is 3.73. The Kier molecular flexibility index (Phi) is 3.06. The second kappa shape index (κ2) is 4.61. The predicted molar refractivity (Wildman–Crippen MR) is 80.3 cm³/mol. The number of pyridine rings is 1. The van der Waals surface area contributed by atoms with Crippen molar-refractivity contribution in [3.63, 3.8) is 0 Å². The number of rotatable bonds is 3. The van der Waals surface area contributed by atoms with E-state index >= 15 is 0 Å². The summed E-state index contributed by atoms with van der Waals surface area (Å²) in [5.41, 5.74) is 1.64. The quantitative estimate of drug-likeness (QED) is 0.903. The average Bonchev–Trinajstić information content (AvgIpc) is 3.14. The van der Waals surface area contributed by atoms with Crippen LogP contribution in [0, 0.1) is 5.92 Å². The van der Waals surface area contributed by atoms with E-state index in [-0.39, 0.29) is 5.54 Å².